The third-order valence-corrected chi connectivity index (χ3v) is 5.55. The second-order valence-electron chi connectivity index (χ2n) is 7.98. The van der Waals surface area contributed by atoms with Crippen molar-refractivity contribution >= 4 is 11.4 Å². The van der Waals surface area contributed by atoms with E-state index in [-0.39, 0.29) is 12.6 Å². The third-order valence-electron chi connectivity index (χ3n) is 5.55. The van der Waals surface area contributed by atoms with Crippen molar-refractivity contribution in [2.24, 2.45) is 5.92 Å². The van der Waals surface area contributed by atoms with E-state index < -0.39 is 12.0 Å². The number of likely N-dealkylation sites (N-methyl/N-ethyl adjacent to an activating group) is 1. The molecule has 2 heterocycles. The number of nitrogens with two attached hydrogens (primary N) is 1. The lowest BCUT2D eigenvalue weighted by atomic mass is 10.0. The molecule has 7 heteroatoms. The van der Waals surface area contributed by atoms with Gasteiger partial charge in [-0.1, -0.05) is 0 Å². The molecule has 1 aliphatic heterocycles. The number of halogens is 2. The molecule has 5 nitrogen and oxygen atoms in total. The second kappa shape index (κ2) is 7.54. The molecule has 28 heavy (non-hydrogen) atoms. The molecule has 2 fully saturated rings. The van der Waals surface area contributed by atoms with Crippen molar-refractivity contribution < 1.29 is 13.5 Å². The number of ether oxygens (including phenoxy) is 1. The maximum Gasteiger partial charge on any atom is 0.213 e. The van der Waals surface area contributed by atoms with Crippen molar-refractivity contribution in [3.63, 3.8) is 0 Å². The Labute approximate surface area is 164 Å². The minimum atomic E-state index is -0.996. The number of hydrogen-bond donors (Lipinski definition) is 1. The molecule has 0 spiro atoms. The van der Waals surface area contributed by atoms with Gasteiger partial charge in [0.15, 0.2) is 0 Å². The van der Waals surface area contributed by atoms with Gasteiger partial charge in [-0.05, 0) is 51.1 Å². The maximum atomic E-state index is 14.8. The molecule has 1 aliphatic carbocycles. The molecule has 150 valence electrons. The van der Waals surface area contributed by atoms with E-state index in [1.807, 2.05) is 23.9 Å². The molecule has 2 atom stereocenters. The van der Waals surface area contributed by atoms with E-state index in [4.69, 9.17) is 10.5 Å². The molecule has 4 rings (SSSR count). The summed E-state index contributed by atoms with van der Waals surface area (Å²) in [6, 6.07) is 6.30. The van der Waals surface area contributed by atoms with E-state index in [0.29, 0.717) is 47.5 Å². The van der Waals surface area contributed by atoms with Crippen LogP contribution in [-0.4, -0.2) is 55.9 Å². The fourth-order valence-corrected chi connectivity index (χ4v) is 3.62. The highest BCUT2D eigenvalue weighted by molar-refractivity contribution is 5.77. The lowest BCUT2D eigenvalue weighted by molar-refractivity contribution is 0.202. The predicted molar refractivity (Wildman–Crippen MR) is 107 cm³/mol. The smallest absolute Gasteiger partial charge is 0.213 e. The molecule has 1 saturated heterocycles. The van der Waals surface area contributed by atoms with Gasteiger partial charge in [0.05, 0.1) is 30.6 Å². The molecule has 0 amide bonds. The fourth-order valence-electron chi connectivity index (χ4n) is 3.62. The Balaban J connectivity index is 1.52. The second-order valence-corrected chi connectivity index (χ2v) is 7.98. The number of anilines is 2. The fraction of sp³-hybridized carbons (Fsp3) is 0.476. The summed E-state index contributed by atoms with van der Waals surface area (Å²) in [5.41, 5.74) is 8.17. The summed E-state index contributed by atoms with van der Waals surface area (Å²) in [5.74, 6) is 0.788. The number of nitrogen functional groups attached to an aromatic ring is 1. The van der Waals surface area contributed by atoms with Crippen LogP contribution < -0.4 is 15.4 Å². The Kier molecular flexibility index (Phi) is 5.10. The molecule has 2 N–H and O–H groups in total. The average Bonchev–Trinajstić information content (AvgIpc) is 3.42. The SMILES string of the molecule is CN(C)[C@H]1CN(c2cc(F)c(-c3ccc(OCC4CC4)nc3)cc2N)C[C@@H]1F. The van der Waals surface area contributed by atoms with E-state index in [1.165, 1.54) is 18.9 Å². The summed E-state index contributed by atoms with van der Waals surface area (Å²) in [7, 11) is 3.69. The van der Waals surface area contributed by atoms with Crippen molar-refractivity contribution in [2.45, 2.75) is 25.1 Å². The van der Waals surface area contributed by atoms with Crippen LogP contribution in [0.3, 0.4) is 0 Å². The number of pyridine rings is 1. The van der Waals surface area contributed by atoms with Crippen molar-refractivity contribution in [3.8, 4) is 17.0 Å². The molecule has 2 aromatic rings. The lowest BCUT2D eigenvalue weighted by Crippen LogP contribution is -2.36. The van der Waals surface area contributed by atoms with E-state index >= 15 is 0 Å². The average molecular weight is 388 g/mol. The molecular weight excluding hydrogens is 362 g/mol. The van der Waals surface area contributed by atoms with Crippen molar-refractivity contribution in [2.75, 3.05) is 44.4 Å². The first-order valence-corrected chi connectivity index (χ1v) is 9.66. The monoisotopic (exact) mass is 388 g/mol. The van der Waals surface area contributed by atoms with Gasteiger partial charge in [0.1, 0.15) is 12.0 Å². The zero-order chi connectivity index (χ0) is 19.8. The van der Waals surface area contributed by atoms with Crippen molar-refractivity contribution in [1.82, 2.24) is 9.88 Å². The highest BCUT2D eigenvalue weighted by Crippen LogP contribution is 2.35. The van der Waals surface area contributed by atoms with Gasteiger partial charge in [-0.15, -0.1) is 0 Å². The summed E-state index contributed by atoms with van der Waals surface area (Å²) in [5, 5.41) is 0. The lowest BCUT2D eigenvalue weighted by Gasteiger charge is -2.23. The summed E-state index contributed by atoms with van der Waals surface area (Å²) < 4.78 is 34.7. The van der Waals surface area contributed by atoms with Gasteiger partial charge in [-0.3, -0.25) is 0 Å². The van der Waals surface area contributed by atoms with Crippen LogP contribution in [0, 0.1) is 11.7 Å². The molecule has 1 aromatic heterocycles. The summed E-state index contributed by atoms with van der Waals surface area (Å²) in [6.45, 7) is 1.37. The Bertz CT molecular complexity index is 839. The molecular formula is C21H26F2N4O. The highest BCUT2D eigenvalue weighted by atomic mass is 19.1. The maximum absolute atomic E-state index is 14.8. The van der Waals surface area contributed by atoms with E-state index in [9.17, 15) is 8.78 Å². The van der Waals surface area contributed by atoms with Crippen LogP contribution in [-0.2, 0) is 0 Å². The van der Waals surface area contributed by atoms with Crippen LogP contribution >= 0.6 is 0 Å². The quantitative estimate of drug-likeness (QED) is 0.769. The third kappa shape index (κ3) is 3.90. The number of rotatable bonds is 6. The Morgan fingerprint density at radius 3 is 2.64 bits per heavy atom. The molecule has 1 saturated carbocycles. The Morgan fingerprint density at radius 1 is 1.25 bits per heavy atom. The van der Waals surface area contributed by atoms with Gasteiger partial charge in [-0.25, -0.2) is 13.8 Å². The van der Waals surface area contributed by atoms with E-state index in [0.717, 1.165) is 0 Å². The zero-order valence-electron chi connectivity index (χ0n) is 16.2. The topological polar surface area (TPSA) is 54.6 Å². The van der Waals surface area contributed by atoms with Crippen molar-refractivity contribution in [3.05, 3.63) is 36.3 Å². The van der Waals surface area contributed by atoms with Crippen molar-refractivity contribution in [1.29, 1.82) is 0 Å². The standard InChI is InChI=1S/C21H26F2N4O/c1-26(2)20-11-27(10-17(20)23)19-8-16(22)15(7-18(19)24)14-5-6-21(25-9-14)28-12-13-3-4-13/h5-9,13,17,20H,3-4,10-12,24H2,1-2H3/t17-,20-/m0/s1. The first-order chi connectivity index (χ1) is 13.4. The van der Waals surface area contributed by atoms with Crippen LogP contribution in [0.15, 0.2) is 30.5 Å². The van der Waals surface area contributed by atoms with E-state index in [1.54, 1.807) is 24.4 Å². The van der Waals surface area contributed by atoms with E-state index in [2.05, 4.69) is 4.98 Å². The number of alkyl halides is 1. The van der Waals surface area contributed by atoms with Gasteiger partial charge in [0.2, 0.25) is 5.88 Å². The van der Waals surface area contributed by atoms with Crippen LogP contribution in [0.4, 0.5) is 20.2 Å². The molecule has 0 bridgehead atoms. The number of aromatic nitrogens is 1. The Morgan fingerprint density at radius 2 is 2.04 bits per heavy atom. The van der Waals surface area contributed by atoms with Gasteiger partial charge in [0, 0.05) is 29.9 Å². The van der Waals surface area contributed by atoms with Crippen LogP contribution in [0.2, 0.25) is 0 Å². The van der Waals surface area contributed by atoms with Crippen LogP contribution in [0.1, 0.15) is 12.8 Å². The van der Waals surface area contributed by atoms with Crippen LogP contribution in [0.5, 0.6) is 5.88 Å². The largest absolute Gasteiger partial charge is 0.477 e. The van der Waals surface area contributed by atoms with Crippen LogP contribution in [0.25, 0.3) is 11.1 Å². The number of benzene rings is 1. The zero-order valence-corrected chi connectivity index (χ0v) is 16.2. The molecule has 2 aliphatic rings. The highest BCUT2D eigenvalue weighted by Gasteiger charge is 2.35. The number of nitrogens with zero attached hydrogens (tertiary/aromatic N) is 3. The van der Waals surface area contributed by atoms with Gasteiger partial charge < -0.3 is 20.3 Å². The molecule has 0 radical (unpaired) electrons. The normalized spacial score (nSPS) is 22.1. The number of hydrogen-bond acceptors (Lipinski definition) is 5. The first kappa shape index (κ1) is 18.9. The molecule has 0 unspecified atom stereocenters. The summed E-state index contributed by atoms with van der Waals surface area (Å²) >= 11 is 0. The summed E-state index contributed by atoms with van der Waals surface area (Å²) in [6.07, 6.45) is 3.02. The van der Waals surface area contributed by atoms with Gasteiger partial charge >= 0.3 is 0 Å². The predicted octanol–water partition coefficient (Wildman–Crippen LogP) is 3.35. The van der Waals surface area contributed by atoms with Gasteiger partial charge in [-0.2, -0.15) is 0 Å². The van der Waals surface area contributed by atoms with Gasteiger partial charge in [0.25, 0.3) is 0 Å². The molecule has 1 aromatic carbocycles. The minimum Gasteiger partial charge on any atom is -0.477 e. The Hall–Kier alpha value is -2.41. The first-order valence-electron chi connectivity index (χ1n) is 9.66. The minimum absolute atomic E-state index is 0.209. The summed E-state index contributed by atoms with van der Waals surface area (Å²) in [4.78, 5) is 7.93.